The number of aromatic nitrogens is 4. The van der Waals surface area contributed by atoms with Crippen LogP contribution in [0.15, 0.2) is 30.3 Å². The average Bonchev–Trinajstić information content (AvgIpc) is 3.15. The first-order valence-corrected chi connectivity index (χ1v) is 8.66. The summed E-state index contributed by atoms with van der Waals surface area (Å²) in [6.45, 7) is 2.16. The number of piperidine rings is 1. The van der Waals surface area contributed by atoms with Crippen molar-refractivity contribution in [2.75, 3.05) is 26.2 Å². The second-order valence-corrected chi connectivity index (χ2v) is 6.42. The number of nitrogens with one attached hydrogen (secondary N) is 2. The fourth-order valence-electron chi connectivity index (χ4n) is 3.14. The predicted octanol–water partition coefficient (Wildman–Crippen LogP) is -0.0720. The van der Waals surface area contributed by atoms with Crippen LogP contribution in [0.2, 0.25) is 0 Å². The minimum absolute atomic E-state index is 0.179. The predicted molar refractivity (Wildman–Crippen MR) is 91.7 cm³/mol. The van der Waals surface area contributed by atoms with Crippen LogP contribution in [-0.2, 0) is 17.6 Å². The van der Waals surface area contributed by atoms with Crippen LogP contribution in [0.1, 0.15) is 24.2 Å². The summed E-state index contributed by atoms with van der Waals surface area (Å²) in [7, 11) is 0. The molecule has 0 saturated carbocycles. The number of rotatable bonds is 8. The summed E-state index contributed by atoms with van der Waals surface area (Å²) in [4.78, 5) is 14.5. The van der Waals surface area contributed by atoms with Crippen molar-refractivity contribution in [3.8, 4) is 0 Å². The maximum absolute atomic E-state index is 12.7. The van der Waals surface area contributed by atoms with E-state index in [2.05, 4.69) is 38.1 Å². The Bertz CT molecular complexity index is 663. The molecular weight excluding hydrogens is 320 g/mol. The van der Waals surface area contributed by atoms with Crippen LogP contribution in [0.25, 0.3) is 0 Å². The van der Waals surface area contributed by atoms with E-state index in [0.29, 0.717) is 38.3 Å². The molecule has 25 heavy (non-hydrogen) atoms. The number of aliphatic hydroxyl groups is 1. The number of amides is 1. The zero-order valence-electron chi connectivity index (χ0n) is 14.2. The number of tetrazole rings is 1. The monoisotopic (exact) mass is 344 g/mol. The lowest BCUT2D eigenvalue weighted by molar-refractivity contribution is -0.156. The Morgan fingerprint density at radius 2 is 2.12 bits per heavy atom. The molecule has 3 rings (SSSR count). The van der Waals surface area contributed by atoms with Gasteiger partial charge in [-0.15, -0.1) is 10.2 Å². The number of benzene rings is 1. The number of aromatic amines is 1. The van der Waals surface area contributed by atoms with Gasteiger partial charge in [0, 0.05) is 32.6 Å². The molecule has 3 N–H and O–H groups in total. The van der Waals surface area contributed by atoms with E-state index in [4.69, 9.17) is 0 Å². The summed E-state index contributed by atoms with van der Waals surface area (Å²) < 4.78 is 0. The van der Waals surface area contributed by atoms with Gasteiger partial charge >= 0.3 is 0 Å². The molecule has 0 radical (unpaired) electrons. The summed E-state index contributed by atoms with van der Waals surface area (Å²) in [5.74, 6) is 0.431. The molecule has 1 aromatic carbocycles. The molecule has 1 aliphatic heterocycles. The molecule has 1 fully saturated rings. The summed E-state index contributed by atoms with van der Waals surface area (Å²) >= 11 is 0. The SMILES string of the molecule is O=C1N(CCc2ccccc2)CCC[C@@]1(O)CNCCc1nn[nH]n1. The quantitative estimate of drug-likeness (QED) is 0.579. The van der Waals surface area contributed by atoms with Gasteiger partial charge in [0.25, 0.3) is 5.91 Å². The van der Waals surface area contributed by atoms with Gasteiger partial charge in [-0.25, -0.2) is 0 Å². The Hall–Kier alpha value is -2.32. The lowest BCUT2D eigenvalue weighted by atomic mass is 9.91. The Morgan fingerprint density at radius 1 is 1.28 bits per heavy atom. The highest BCUT2D eigenvalue weighted by molar-refractivity contribution is 5.86. The van der Waals surface area contributed by atoms with Crippen LogP contribution in [-0.4, -0.2) is 68.3 Å². The van der Waals surface area contributed by atoms with E-state index < -0.39 is 5.60 Å². The molecule has 1 aromatic heterocycles. The highest BCUT2D eigenvalue weighted by Crippen LogP contribution is 2.22. The Balaban J connectivity index is 1.47. The van der Waals surface area contributed by atoms with E-state index in [1.807, 2.05) is 18.2 Å². The molecule has 0 aliphatic carbocycles. The minimum atomic E-state index is -1.33. The van der Waals surface area contributed by atoms with Crippen molar-refractivity contribution in [3.63, 3.8) is 0 Å². The van der Waals surface area contributed by atoms with E-state index >= 15 is 0 Å². The number of carbonyl (C=O) groups is 1. The number of hydrogen-bond donors (Lipinski definition) is 3. The molecule has 1 aliphatic rings. The van der Waals surface area contributed by atoms with Gasteiger partial charge in [-0.2, -0.15) is 5.21 Å². The molecule has 8 heteroatoms. The molecule has 0 bridgehead atoms. The van der Waals surface area contributed by atoms with Crippen molar-refractivity contribution in [2.24, 2.45) is 0 Å². The number of hydrogen-bond acceptors (Lipinski definition) is 6. The van der Waals surface area contributed by atoms with Gasteiger partial charge in [-0.1, -0.05) is 35.5 Å². The van der Waals surface area contributed by atoms with E-state index in [0.717, 1.165) is 12.8 Å². The molecule has 8 nitrogen and oxygen atoms in total. The molecule has 1 amide bonds. The van der Waals surface area contributed by atoms with Crippen LogP contribution in [0.3, 0.4) is 0 Å². The van der Waals surface area contributed by atoms with E-state index in [9.17, 15) is 9.90 Å². The maximum atomic E-state index is 12.7. The molecule has 1 saturated heterocycles. The van der Waals surface area contributed by atoms with Crippen molar-refractivity contribution >= 4 is 5.91 Å². The molecule has 2 heterocycles. The van der Waals surface area contributed by atoms with Gasteiger partial charge in [0.1, 0.15) is 0 Å². The second kappa shape index (κ2) is 8.17. The number of H-pyrrole nitrogens is 1. The van der Waals surface area contributed by atoms with E-state index in [1.54, 1.807) is 4.90 Å². The maximum Gasteiger partial charge on any atom is 0.255 e. The lowest BCUT2D eigenvalue weighted by Crippen LogP contribution is -2.58. The molecule has 2 aromatic rings. The van der Waals surface area contributed by atoms with Crippen LogP contribution in [0.4, 0.5) is 0 Å². The van der Waals surface area contributed by atoms with Crippen LogP contribution >= 0.6 is 0 Å². The van der Waals surface area contributed by atoms with Crippen molar-refractivity contribution < 1.29 is 9.90 Å². The van der Waals surface area contributed by atoms with Crippen molar-refractivity contribution in [1.29, 1.82) is 0 Å². The Labute approximate surface area is 146 Å². The van der Waals surface area contributed by atoms with Crippen molar-refractivity contribution in [1.82, 2.24) is 30.8 Å². The highest BCUT2D eigenvalue weighted by atomic mass is 16.3. The lowest BCUT2D eigenvalue weighted by Gasteiger charge is -2.38. The molecule has 134 valence electrons. The number of nitrogens with zero attached hydrogens (tertiary/aromatic N) is 4. The zero-order valence-corrected chi connectivity index (χ0v) is 14.2. The van der Waals surface area contributed by atoms with Crippen molar-refractivity contribution in [3.05, 3.63) is 41.7 Å². The van der Waals surface area contributed by atoms with Gasteiger partial charge in [0.05, 0.1) is 0 Å². The average molecular weight is 344 g/mol. The summed E-state index contributed by atoms with van der Waals surface area (Å²) in [6, 6.07) is 10.1. The van der Waals surface area contributed by atoms with Gasteiger partial charge < -0.3 is 15.3 Å². The Kier molecular flexibility index (Phi) is 5.72. The first-order valence-electron chi connectivity index (χ1n) is 8.66. The third-order valence-corrected chi connectivity index (χ3v) is 4.55. The Morgan fingerprint density at radius 3 is 2.88 bits per heavy atom. The third-order valence-electron chi connectivity index (χ3n) is 4.55. The zero-order chi connectivity index (χ0) is 17.5. The van der Waals surface area contributed by atoms with Crippen molar-refractivity contribution in [2.45, 2.75) is 31.3 Å². The first-order chi connectivity index (χ1) is 12.2. The van der Waals surface area contributed by atoms with Gasteiger partial charge in [0.2, 0.25) is 0 Å². The summed E-state index contributed by atoms with van der Waals surface area (Å²) in [5.41, 5.74) is -0.130. The number of likely N-dealkylation sites (tertiary alicyclic amines) is 1. The molecule has 1 atom stereocenters. The standard InChI is InChI=1S/C17H24N6O2/c24-16-17(25,13-18-10-7-15-19-21-22-20-15)9-4-11-23(16)12-8-14-5-2-1-3-6-14/h1-3,5-6,18,25H,4,7-13H2,(H,19,20,21,22)/t17-/m1/s1. The van der Waals surface area contributed by atoms with Crippen LogP contribution in [0, 0.1) is 0 Å². The largest absolute Gasteiger partial charge is 0.379 e. The van der Waals surface area contributed by atoms with E-state index in [-0.39, 0.29) is 12.5 Å². The minimum Gasteiger partial charge on any atom is -0.379 e. The van der Waals surface area contributed by atoms with Gasteiger partial charge in [-0.05, 0) is 24.8 Å². The first kappa shape index (κ1) is 17.5. The second-order valence-electron chi connectivity index (χ2n) is 6.42. The normalized spacial score (nSPS) is 20.8. The fourth-order valence-corrected chi connectivity index (χ4v) is 3.14. The fraction of sp³-hybridized carbons (Fsp3) is 0.529. The van der Waals surface area contributed by atoms with Crippen LogP contribution < -0.4 is 5.32 Å². The molecular formula is C17H24N6O2. The van der Waals surface area contributed by atoms with Crippen LogP contribution in [0.5, 0.6) is 0 Å². The smallest absolute Gasteiger partial charge is 0.255 e. The molecule has 0 unspecified atom stereocenters. The van der Waals surface area contributed by atoms with Gasteiger partial charge in [-0.3, -0.25) is 4.79 Å². The summed E-state index contributed by atoms with van der Waals surface area (Å²) in [5, 5.41) is 27.5. The molecule has 0 spiro atoms. The van der Waals surface area contributed by atoms with Gasteiger partial charge in [0.15, 0.2) is 11.4 Å². The van der Waals surface area contributed by atoms with E-state index in [1.165, 1.54) is 5.56 Å². The summed E-state index contributed by atoms with van der Waals surface area (Å²) in [6.07, 6.45) is 2.69. The number of carbonyl (C=O) groups excluding carboxylic acids is 1. The highest BCUT2D eigenvalue weighted by Gasteiger charge is 2.41. The topological polar surface area (TPSA) is 107 Å². The third kappa shape index (κ3) is 4.61.